The molecule has 0 aliphatic rings. The molecule has 94 valence electrons. The first-order chi connectivity index (χ1) is 8.63. The predicted molar refractivity (Wildman–Crippen MR) is 66.7 cm³/mol. The van der Waals surface area contributed by atoms with Crippen molar-refractivity contribution in [3.05, 3.63) is 40.8 Å². The fourth-order valence-corrected chi connectivity index (χ4v) is 1.70. The van der Waals surface area contributed by atoms with Gasteiger partial charge in [-0.25, -0.2) is 4.79 Å². The Morgan fingerprint density at radius 3 is 2.78 bits per heavy atom. The van der Waals surface area contributed by atoms with Crippen LogP contribution in [-0.4, -0.2) is 24.2 Å². The number of ether oxygens (including phenoxy) is 2. The molecule has 0 fully saturated rings. The van der Waals surface area contributed by atoms with E-state index in [1.54, 1.807) is 37.4 Å². The maximum Gasteiger partial charge on any atom is 0.346 e. The second kappa shape index (κ2) is 4.91. The Kier molecular flexibility index (Phi) is 3.32. The van der Waals surface area contributed by atoms with Gasteiger partial charge in [-0.2, -0.15) is 0 Å². The number of fused-ring (bicyclic) bond motifs is 1. The van der Waals surface area contributed by atoms with Gasteiger partial charge in [-0.3, -0.25) is 4.79 Å². The van der Waals surface area contributed by atoms with Crippen molar-refractivity contribution in [1.29, 1.82) is 0 Å². The molecule has 1 atom stereocenters. The first kappa shape index (κ1) is 12.2. The highest BCUT2D eigenvalue weighted by Gasteiger charge is 2.16. The van der Waals surface area contributed by atoms with E-state index < -0.39 is 12.1 Å². The molecule has 2 rings (SSSR count). The molecule has 0 aliphatic heterocycles. The number of carbonyl (C=O) groups excluding carboxylic acids is 1. The Morgan fingerprint density at radius 2 is 2.06 bits per heavy atom. The van der Waals surface area contributed by atoms with Crippen LogP contribution in [0.1, 0.15) is 6.92 Å². The van der Waals surface area contributed by atoms with Crippen LogP contribution >= 0.6 is 0 Å². The lowest BCUT2D eigenvalue weighted by Crippen LogP contribution is -2.25. The summed E-state index contributed by atoms with van der Waals surface area (Å²) in [4.78, 5) is 25.5. The van der Waals surface area contributed by atoms with E-state index in [0.29, 0.717) is 16.5 Å². The van der Waals surface area contributed by atoms with E-state index in [-0.39, 0.29) is 5.56 Å². The van der Waals surface area contributed by atoms with Gasteiger partial charge in [-0.05, 0) is 25.1 Å². The summed E-state index contributed by atoms with van der Waals surface area (Å²) < 4.78 is 10.1. The highest BCUT2D eigenvalue weighted by molar-refractivity contribution is 5.87. The summed E-state index contributed by atoms with van der Waals surface area (Å²) in [6, 6.07) is 6.85. The monoisotopic (exact) mass is 247 g/mol. The van der Waals surface area contributed by atoms with Crippen LogP contribution in [0.2, 0.25) is 0 Å². The van der Waals surface area contributed by atoms with Crippen LogP contribution in [0.25, 0.3) is 10.8 Å². The van der Waals surface area contributed by atoms with Crippen molar-refractivity contribution in [3.8, 4) is 5.75 Å². The van der Waals surface area contributed by atoms with Crippen molar-refractivity contribution in [2.24, 2.45) is 0 Å². The first-order valence-electron chi connectivity index (χ1n) is 5.48. The molecular formula is C13H13NO4. The van der Waals surface area contributed by atoms with Crippen LogP contribution in [0.3, 0.4) is 0 Å². The molecule has 0 amide bonds. The molecule has 0 spiro atoms. The molecular weight excluding hydrogens is 234 g/mol. The third kappa shape index (κ3) is 2.20. The molecule has 1 aromatic heterocycles. The largest absolute Gasteiger partial charge is 0.478 e. The number of nitrogens with one attached hydrogen (secondary N) is 1. The van der Waals surface area contributed by atoms with Gasteiger partial charge in [-0.1, -0.05) is 6.07 Å². The van der Waals surface area contributed by atoms with Crippen molar-refractivity contribution in [1.82, 2.24) is 4.98 Å². The number of hydrogen-bond acceptors (Lipinski definition) is 4. The zero-order valence-electron chi connectivity index (χ0n) is 10.1. The van der Waals surface area contributed by atoms with Crippen LogP contribution in [0.4, 0.5) is 0 Å². The maximum absolute atomic E-state index is 11.6. The van der Waals surface area contributed by atoms with Crippen LogP contribution in [0.15, 0.2) is 35.3 Å². The van der Waals surface area contributed by atoms with Gasteiger partial charge in [0, 0.05) is 11.6 Å². The molecule has 18 heavy (non-hydrogen) atoms. The lowest BCUT2D eigenvalue weighted by atomic mass is 10.1. The summed E-state index contributed by atoms with van der Waals surface area (Å²) in [6.07, 6.45) is 0.820. The summed E-state index contributed by atoms with van der Waals surface area (Å²) in [5.74, 6) is 0.0216. The molecule has 2 aromatic rings. The average Bonchev–Trinajstić information content (AvgIpc) is 2.39. The van der Waals surface area contributed by atoms with Gasteiger partial charge in [0.2, 0.25) is 0 Å². The standard InChI is InChI=1S/C13H13NO4/c1-8(13(16)17-2)18-11-5-3-4-10-9(11)6-7-14-12(10)15/h3-8H,1-2H3,(H,14,15)/t8-/m1/s1. The topological polar surface area (TPSA) is 68.4 Å². The Balaban J connectivity index is 2.43. The predicted octanol–water partition coefficient (Wildman–Crippen LogP) is 1.47. The number of methoxy groups -OCH3 is 1. The maximum atomic E-state index is 11.6. The van der Waals surface area contributed by atoms with Crippen molar-refractivity contribution < 1.29 is 14.3 Å². The van der Waals surface area contributed by atoms with E-state index in [1.165, 1.54) is 7.11 Å². The minimum Gasteiger partial charge on any atom is -0.478 e. The molecule has 5 heteroatoms. The van der Waals surface area contributed by atoms with Gasteiger partial charge in [0.05, 0.1) is 12.5 Å². The third-order valence-electron chi connectivity index (χ3n) is 2.61. The van der Waals surface area contributed by atoms with E-state index in [1.807, 2.05) is 0 Å². The summed E-state index contributed by atoms with van der Waals surface area (Å²) >= 11 is 0. The van der Waals surface area contributed by atoms with Crippen molar-refractivity contribution in [2.45, 2.75) is 13.0 Å². The molecule has 1 N–H and O–H groups in total. The van der Waals surface area contributed by atoms with Gasteiger partial charge in [0.1, 0.15) is 5.75 Å². The Bertz CT molecular complexity index is 632. The third-order valence-corrected chi connectivity index (χ3v) is 2.61. The highest BCUT2D eigenvalue weighted by atomic mass is 16.6. The minimum absolute atomic E-state index is 0.191. The number of H-pyrrole nitrogens is 1. The zero-order chi connectivity index (χ0) is 13.1. The van der Waals surface area contributed by atoms with E-state index in [9.17, 15) is 9.59 Å². The van der Waals surface area contributed by atoms with Gasteiger partial charge in [-0.15, -0.1) is 0 Å². The molecule has 0 saturated heterocycles. The second-order valence-electron chi connectivity index (χ2n) is 3.81. The molecule has 0 aliphatic carbocycles. The van der Waals surface area contributed by atoms with E-state index in [4.69, 9.17) is 4.74 Å². The summed E-state index contributed by atoms with van der Waals surface area (Å²) in [5.41, 5.74) is -0.191. The number of esters is 1. The number of pyridine rings is 1. The molecule has 0 saturated carbocycles. The number of aromatic amines is 1. The lowest BCUT2D eigenvalue weighted by molar-refractivity contribution is -0.147. The molecule has 0 radical (unpaired) electrons. The van der Waals surface area contributed by atoms with Crippen LogP contribution in [0, 0.1) is 0 Å². The number of hydrogen-bond donors (Lipinski definition) is 1. The van der Waals surface area contributed by atoms with Crippen LogP contribution in [0.5, 0.6) is 5.75 Å². The normalized spacial score (nSPS) is 12.1. The molecule has 1 heterocycles. The Labute approximate surface area is 103 Å². The quantitative estimate of drug-likeness (QED) is 0.834. The van der Waals surface area contributed by atoms with E-state index >= 15 is 0 Å². The SMILES string of the molecule is COC(=O)[C@@H](C)Oc1cccc2c(=O)[nH]ccc12. The number of rotatable bonds is 3. The molecule has 0 unspecified atom stereocenters. The Morgan fingerprint density at radius 1 is 1.28 bits per heavy atom. The van der Waals surface area contributed by atoms with Gasteiger partial charge >= 0.3 is 5.97 Å². The van der Waals surface area contributed by atoms with Crippen molar-refractivity contribution in [2.75, 3.05) is 7.11 Å². The number of aromatic nitrogens is 1. The smallest absolute Gasteiger partial charge is 0.346 e. The fraction of sp³-hybridized carbons (Fsp3) is 0.231. The highest BCUT2D eigenvalue weighted by Crippen LogP contribution is 2.23. The van der Waals surface area contributed by atoms with Gasteiger partial charge in [0.15, 0.2) is 6.10 Å². The summed E-state index contributed by atoms with van der Waals surface area (Å²) in [5, 5.41) is 1.18. The average molecular weight is 247 g/mol. The van der Waals surface area contributed by atoms with Crippen LogP contribution < -0.4 is 10.3 Å². The minimum atomic E-state index is -0.722. The van der Waals surface area contributed by atoms with Crippen LogP contribution in [-0.2, 0) is 9.53 Å². The molecule has 0 bridgehead atoms. The number of benzene rings is 1. The summed E-state index contributed by atoms with van der Waals surface area (Å²) in [7, 11) is 1.30. The number of carbonyl (C=O) groups is 1. The first-order valence-corrected chi connectivity index (χ1v) is 5.48. The van der Waals surface area contributed by atoms with Gasteiger partial charge in [0.25, 0.3) is 5.56 Å². The second-order valence-corrected chi connectivity index (χ2v) is 3.81. The molecule has 1 aromatic carbocycles. The summed E-state index contributed by atoms with van der Waals surface area (Å²) in [6.45, 7) is 1.60. The van der Waals surface area contributed by atoms with Gasteiger partial charge < -0.3 is 14.5 Å². The van der Waals surface area contributed by atoms with E-state index in [2.05, 4.69) is 9.72 Å². The lowest BCUT2D eigenvalue weighted by Gasteiger charge is -2.13. The molecule has 5 nitrogen and oxygen atoms in total. The van der Waals surface area contributed by atoms with Crippen molar-refractivity contribution >= 4 is 16.7 Å². The Hall–Kier alpha value is -2.30. The van der Waals surface area contributed by atoms with Crippen molar-refractivity contribution in [3.63, 3.8) is 0 Å². The fourth-order valence-electron chi connectivity index (χ4n) is 1.70. The zero-order valence-corrected chi connectivity index (χ0v) is 10.1. The van der Waals surface area contributed by atoms with E-state index in [0.717, 1.165) is 0 Å².